The summed E-state index contributed by atoms with van der Waals surface area (Å²) < 4.78 is 0. The van der Waals surface area contributed by atoms with Gasteiger partial charge in [-0.15, -0.1) is 0 Å². The van der Waals surface area contributed by atoms with E-state index in [-0.39, 0.29) is 21.6 Å². The Kier molecular flexibility index (Phi) is 4.15. The van der Waals surface area contributed by atoms with Crippen molar-refractivity contribution >= 4 is 29.2 Å². The molecule has 0 atom stereocenters. The fraction of sp³-hybridized carbons (Fsp3) is 0.769. The number of nitrogens with one attached hydrogen (secondary N) is 1. The summed E-state index contributed by atoms with van der Waals surface area (Å²) in [6.45, 7) is 8.84. The monoisotopic (exact) mass is 317 g/mol. The van der Waals surface area contributed by atoms with Crippen LogP contribution in [0.3, 0.4) is 0 Å². The van der Waals surface area contributed by atoms with Crippen molar-refractivity contribution in [2.75, 3.05) is 11.9 Å². The number of hydrogen-bond donors (Lipinski definition) is 1. The second-order valence-electron chi connectivity index (χ2n) is 6.74. The van der Waals surface area contributed by atoms with Crippen molar-refractivity contribution in [3.8, 4) is 0 Å². The van der Waals surface area contributed by atoms with Gasteiger partial charge < -0.3 is 10.2 Å². The molecule has 0 bridgehead atoms. The first-order valence-electron chi connectivity index (χ1n) is 6.67. The highest BCUT2D eigenvalue weighted by atomic mass is 35.5. The van der Waals surface area contributed by atoms with Gasteiger partial charge in [0.2, 0.25) is 16.5 Å². The smallest absolute Gasteiger partial charge is 0.230 e. The van der Waals surface area contributed by atoms with Gasteiger partial charge in [-0.1, -0.05) is 0 Å². The van der Waals surface area contributed by atoms with Crippen LogP contribution in [0.5, 0.6) is 0 Å². The Balaban J connectivity index is 2.25. The van der Waals surface area contributed by atoms with E-state index in [1.165, 1.54) is 0 Å². The van der Waals surface area contributed by atoms with Gasteiger partial charge in [0.1, 0.15) is 0 Å². The molecule has 20 heavy (non-hydrogen) atoms. The SMILES string of the molecule is CN(c1nc(Cl)nc(Cl)n1)C1CC(C)(C)NC(C)(C)C1. The van der Waals surface area contributed by atoms with Gasteiger partial charge in [0, 0.05) is 24.2 Å². The Hall–Kier alpha value is -0.650. The molecule has 2 heterocycles. The Morgan fingerprint density at radius 1 is 1.00 bits per heavy atom. The van der Waals surface area contributed by atoms with Crippen LogP contribution >= 0.6 is 23.2 Å². The maximum absolute atomic E-state index is 5.86. The molecule has 1 aromatic heterocycles. The first-order chi connectivity index (χ1) is 9.08. The summed E-state index contributed by atoms with van der Waals surface area (Å²) in [5.41, 5.74) is 0.114. The molecule has 1 fully saturated rings. The van der Waals surface area contributed by atoms with Crippen LogP contribution in [0, 0.1) is 0 Å². The molecule has 0 aliphatic carbocycles. The van der Waals surface area contributed by atoms with Gasteiger partial charge >= 0.3 is 0 Å². The maximum Gasteiger partial charge on any atom is 0.230 e. The molecular formula is C13H21Cl2N5. The van der Waals surface area contributed by atoms with Crippen LogP contribution in [0.15, 0.2) is 0 Å². The standard InChI is InChI=1S/C13H21Cl2N5/c1-12(2)6-8(7-13(3,4)19-12)20(5)11-17-9(14)16-10(15)18-11/h8,19H,6-7H2,1-5H3. The number of aromatic nitrogens is 3. The summed E-state index contributed by atoms with van der Waals surface area (Å²) in [4.78, 5) is 14.2. The normalized spacial score (nSPS) is 21.8. The molecule has 5 nitrogen and oxygen atoms in total. The lowest BCUT2D eigenvalue weighted by Crippen LogP contribution is -2.62. The Bertz CT molecular complexity index is 467. The lowest BCUT2D eigenvalue weighted by atomic mass is 9.79. The highest BCUT2D eigenvalue weighted by molar-refractivity contribution is 6.31. The molecule has 1 aliphatic heterocycles. The van der Waals surface area contributed by atoms with Gasteiger partial charge in [-0.25, -0.2) is 0 Å². The fourth-order valence-electron chi connectivity index (χ4n) is 3.18. The van der Waals surface area contributed by atoms with E-state index in [0.717, 1.165) is 12.8 Å². The number of piperidine rings is 1. The summed E-state index contributed by atoms with van der Waals surface area (Å²) in [5, 5.41) is 3.91. The van der Waals surface area contributed by atoms with Gasteiger partial charge in [0.05, 0.1) is 0 Å². The molecule has 2 rings (SSSR count). The molecule has 0 unspecified atom stereocenters. The second kappa shape index (κ2) is 5.28. The number of hydrogen-bond acceptors (Lipinski definition) is 5. The number of rotatable bonds is 2. The van der Waals surface area contributed by atoms with E-state index in [9.17, 15) is 0 Å². The number of nitrogens with zero attached hydrogens (tertiary/aromatic N) is 4. The third kappa shape index (κ3) is 3.71. The van der Waals surface area contributed by atoms with Crippen molar-refractivity contribution in [3.05, 3.63) is 10.6 Å². The first kappa shape index (κ1) is 15.7. The van der Waals surface area contributed by atoms with Gasteiger partial charge in [0.25, 0.3) is 0 Å². The van der Waals surface area contributed by atoms with Crippen molar-refractivity contribution in [1.29, 1.82) is 0 Å². The molecular weight excluding hydrogens is 297 g/mol. The molecule has 1 N–H and O–H groups in total. The van der Waals surface area contributed by atoms with Crippen LogP contribution < -0.4 is 10.2 Å². The van der Waals surface area contributed by atoms with Crippen LogP contribution in [0.25, 0.3) is 0 Å². The van der Waals surface area contributed by atoms with E-state index in [2.05, 4.69) is 48.0 Å². The van der Waals surface area contributed by atoms with E-state index < -0.39 is 0 Å². The predicted molar refractivity (Wildman–Crippen MR) is 82.6 cm³/mol. The highest BCUT2D eigenvalue weighted by Crippen LogP contribution is 2.32. The quantitative estimate of drug-likeness (QED) is 0.908. The van der Waals surface area contributed by atoms with Gasteiger partial charge in [0.15, 0.2) is 0 Å². The summed E-state index contributed by atoms with van der Waals surface area (Å²) in [7, 11) is 1.98. The van der Waals surface area contributed by atoms with Crippen molar-refractivity contribution < 1.29 is 0 Å². The minimum absolute atomic E-state index is 0.0568. The minimum Gasteiger partial charge on any atom is -0.341 e. The molecule has 0 spiro atoms. The van der Waals surface area contributed by atoms with Crippen LogP contribution in [-0.4, -0.2) is 39.1 Å². The van der Waals surface area contributed by atoms with Crippen molar-refractivity contribution in [2.24, 2.45) is 0 Å². The molecule has 0 aromatic carbocycles. The third-order valence-electron chi connectivity index (χ3n) is 3.60. The summed E-state index contributed by atoms with van der Waals surface area (Å²) >= 11 is 11.7. The van der Waals surface area contributed by atoms with Gasteiger partial charge in [-0.05, 0) is 63.7 Å². The summed E-state index contributed by atoms with van der Waals surface area (Å²) in [6.07, 6.45) is 1.99. The predicted octanol–water partition coefficient (Wildman–Crippen LogP) is 2.92. The molecule has 1 saturated heterocycles. The van der Waals surface area contributed by atoms with E-state index in [1.807, 2.05) is 11.9 Å². The van der Waals surface area contributed by atoms with Crippen LogP contribution in [0.2, 0.25) is 10.6 Å². The molecule has 1 aliphatic rings. The zero-order chi connectivity index (χ0) is 15.1. The molecule has 7 heteroatoms. The van der Waals surface area contributed by atoms with E-state index in [1.54, 1.807) is 0 Å². The van der Waals surface area contributed by atoms with E-state index in [4.69, 9.17) is 23.2 Å². The van der Waals surface area contributed by atoms with Crippen LogP contribution in [-0.2, 0) is 0 Å². The van der Waals surface area contributed by atoms with Crippen LogP contribution in [0.4, 0.5) is 5.95 Å². The van der Waals surface area contributed by atoms with Gasteiger partial charge in [-0.2, -0.15) is 15.0 Å². The Labute approximate surface area is 130 Å². The lowest BCUT2D eigenvalue weighted by molar-refractivity contribution is 0.160. The molecule has 1 aromatic rings. The van der Waals surface area contributed by atoms with Crippen molar-refractivity contribution in [3.63, 3.8) is 0 Å². The lowest BCUT2D eigenvalue weighted by Gasteiger charge is -2.48. The topological polar surface area (TPSA) is 53.9 Å². The van der Waals surface area contributed by atoms with E-state index >= 15 is 0 Å². The minimum atomic E-state index is 0.0568. The summed E-state index contributed by atoms with van der Waals surface area (Å²) in [6, 6.07) is 0.316. The first-order valence-corrected chi connectivity index (χ1v) is 7.43. The highest BCUT2D eigenvalue weighted by Gasteiger charge is 2.39. The maximum atomic E-state index is 5.86. The molecule has 0 radical (unpaired) electrons. The van der Waals surface area contributed by atoms with Crippen molar-refractivity contribution in [2.45, 2.75) is 57.7 Å². The van der Waals surface area contributed by atoms with E-state index in [0.29, 0.717) is 12.0 Å². The average Bonchev–Trinajstić information content (AvgIpc) is 2.22. The number of anilines is 1. The van der Waals surface area contributed by atoms with Crippen LogP contribution in [0.1, 0.15) is 40.5 Å². The summed E-state index contributed by atoms with van der Waals surface area (Å²) in [5.74, 6) is 0.522. The van der Waals surface area contributed by atoms with Crippen molar-refractivity contribution in [1.82, 2.24) is 20.3 Å². The average molecular weight is 318 g/mol. The zero-order valence-corrected chi connectivity index (χ0v) is 14.0. The molecule has 0 saturated carbocycles. The number of halogens is 2. The Morgan fingerprint density at radius 3 is 1.90 bits per heavy atom. The fourth-order valence-corrected chi connectivity index (χ4v) is 3.53. The second-order valence-corrected chi connectivity index (χ2v) is 7.42. The zero-order valence-electron chi connectivity index (χ0n) is 12.5. The third-order valence-corrected chi connectivity index (χ3v) is 3.94. The largest absolute Gasteiger partial charge is 0.341 e. The Morgan fingerprint density at radius 2 is 1.45 bits per heavy atom. The molecule has 112 valence electrons. The molecule has 0 amide bonds. The van der Waals surface area contributed by atoms with Gasteiger partial charge in [-0.3, -0.25) is 0 Å².